The zero-order valence-electron chi connectivity index (χ0n) is 10.8. The molecule has 100 valence electrons. The number of carbonyl (C=O) groups excluding carboxylic acids is 1. The van der Waals surface area contributed by atoms with Gasteiger partial charge in [-0.05, 0) is 25.2 Å². The molecule has 1 aromatic rings. The number of hydrogen-bond donors (Lipinski definition) is 2. The van der Waals surface area contributed by atoms with Crippen LogP contribution in [0.4, 0.5) is 0 Å². The van der Waals surface area contributed by atoms with Crippen LogP contribution in [0.2, 0.25) is 0 Å². The average molecular weight is 267 g/mol. The first-order valence-corrected chi connectivity index (χ1v) is 7.53. The SMILES string of the molecule is CCC(NC(=O)C[C@@H]1CCC[C@H]1N)c1nccs1. The van der Waals surface area contributed by atoms with Gasteiger partial charge in [0.1, 0.15) is 5.01 Å². The number of thiazole rings is 1. The summed E-state index contributed by atoms with van der Waals surface area (Å²) in [6.45, 7) is 2.06. The van der Waals surface area contributed by atoms with Gasteiger partial charge < -0.3 is 11.1 Å². The first-order valence-electron chi connectivity index (χ1n) is 6.65. The van der Waals surface area contributed by atoms with Crippen LogP contribution >= 0.6 is 11.3 Å². The summed E-state index contributed by atoms with van der Waals surface area (Å²) in [6.07, 6.45) is 6.51. The van der Waals surface area contributed by atoms with Gasteiger partial charge in [0.25, 0.3) is 0 Å². The molecule has 1 saturated carbocycles. The molecule has 3 N–H and O–H groups in total. The maximum absolute atomic E-state index is 12.0. The molecule has 4 nitrogen and oxygen atoms in total. The molecule has 0 saturated heterocycles. The highest BCUT2D eigenvalue weighted by Gasteiger charge is 2.27. The zero-order chi connectivity index (χ0) is 13.0. The standard InChI is InChI=1S/C13H21N3OS/c1-2-11(13-15-6-7-18-13)16-12(17)8-9-4-3-5-10(9)14/h6-7,9-11H,2-5,8,14H2,1H3,(H,16,17)/t9-,10+,11?/m0/s1. The van der Waals surface area contributed by atoms with Crippen molar-refractivity contribution in [2.24, 2.45) is 11.7 Å². The number of rotatable bonds is 5. The van der Waals surface area contributed by atoms with E-state index in [9.17, 15) is 4.79 Å². The Labute approximate surface area is 112 Å². The van der Waals surface area contributed by atoms with Crippen LogP contribution in [0.15, 0.2) is 11.6 Å². The van der Waals surface area contributed by atoms with Crippen LogP contribution < -0.4 is 11.1 Å². The Hall–Kier alpha value is -0.940. The summed E-state index contributed by atoms with van der Waals surface area (Å²) >= 11 is 1.59. The van der Waals surface area contributed by atoms with Crippen molar-refractivity contribution >= 4 is 17.2 Å². The highest BCUT2D eigenvalue weighted by molar-refractivity contribution is 7.09. The zero-order valence-corrected chi connectivity index (χ0v) is 11.6. The van der Waals surface area contributed by atoms with Crippen LogP contribution in [-0.2, 0) is 4.79 Å². The highest BCUT2D eigenvalue weighted by Crippen LogP contribution is 2.27. The summed E-state index contributed by atoms with van der Waals surface area (Å²) in [5, 5.41) is 6.00. The molecule has 1 aromatic heterocycles. The largest absolute Gasteiger partial charge is 0.347 e. The third kappa shape index (κ3) is 3.29. The van der Waals surface area contributed by atoms with E-state index in [2.05, 4.69) is 17.2 Å². The maximum Gasteiger partial charge on any atom is 0.220 e. The average Bonchev–Trinajstić information content (AvgIpc) is 2.99. The molecule has 0 aliphatic heterocycles. The van der Waals surface area contributed by atoms with Gasteiger partial charge in [0.05, 0.1) is 6.04 Å². The van der Waals surface area contributed by atoms with Crippen LogP contribution in [0.1, 0.15) is 50.1 Å². The second kappa shape index (κ2) is 6.29. The molecule has 0 bridgehead atoms. The lowest BCUT2D eigenvalue weighted by molar-refractivity contribution is -0.122. The minimum Gasteiger partial charge on any atom is -0.347 e. The molecular formula is C13H21N3OS. The van der Waals surface area contributed by atoms with E-state index in [1.807, 2.05) is 5.38 Å². The molecule has 0 aromatic carbocycles. The highest BCUT2D eigenvalue weighted by atomic mass is 32.1. The third-order valence-corrected chi connectivity index (χ3v) is 4.55. The fourth-order valence-electron chi connectivity index (χ4n) is 2.56. The molecule has 1 amide bonds. The number of carbonyl (C=O) groups is 1. The molecule has 1 aliphatic carbocycles. The van der Waals surface area contributed by atoms with Crippen LogP contribution in [0.25, 0.3) is 0 Å². The van der Waals surface area contributed by atoms with Crippen molar-refractivity contribution in [1.82, 2.24) is 10.3 Å². The van der Waals surface area contributed by atoms with E-state index in [4.69, 9.17) is 5.73 Å². The molecule has 18 heavy (non-hydrogen) atoms. The Balaban J connectivity index is 1.86. The Morgan fingerprint density at radius 2 is 2.50 bits per heavy atom. The summed E-state index contributed by atoms with van der Waals surface area (Å²) in [5.74, 6) is 0.471. The van der Waals surface area contributed by atoms with E-state index in [0.717, 1.165) is 30.7 Å². The molecule has 0 spiro atoms. The number of hydrogen-bond acceptors (Lipinski definition) is 4. The smallest absolute Gasteiger partial charge is 0.220 e. The van der Waals surface area contributed by atoms with Crippen LogP contribution in [0, 0.1) is 5.92 Å². The number of amides is 1. The van der Waals surface area contributed by atoms with Gasteiger partial charge in [-0.25, -0.2) is 4.98 Å². The van der Waals surface area contributed by atoms with E-state index in [1.165, 1.54) is 0 Å². The minimum absolute atomic E-state index is 0.0510. The molecule has 0 radical (unpaired) electrons. The second-order valence-corrected chi connectivity index (χ2v) is 5.88. The number of nitrogens with two attached hydrogens (primary N) is 1. The van der Waals surface area contributed by atoms with E-state index < -0.39 is 0 Å². The Morgan fingerprint density at radius 3 is 3.06 bits per heavy atom. The predicted octanol–water partition coefficient (Wildman–Crippen LogP) is 2.23. The summed E-state index contributed by atoms with van der Waals surface area (Å²) in [7, 11) is 0. The maximum atomic E-state index is 12.0. The van der Waals surface area contributed by atoms with Crippen LogP contribution in [0.3, 0.4) is 0 Å². The van der Waals surface area contributed by atoms with Gasteiger partial charge in [-0.15, -0.1) is 11.3 Å². The Bertz CT molecular complexity index is 380. The van der Waals surface area contributed by atoms with Crippen molar-refractivity contribution in [2.75, 3.05) is 0 Å². The van der Waals surface area contributed by atoms with Gasteiger partial charge in [0.2, 0.25) is 5.91 Å². The van der Waals surface area contributed by atoms with Gasteiger partial charge in [-0.1, -0.05) is 13.3 Å². The fraction of sp³-hybridized carbons (Fsp3) is 0.692. The summed E-state index contributed by atoms with van der Waals surface area (Å²) < 4.78 is 0. The molecular weight excluding hydrogens is 246 g/mol. The van der Waals surface area contributed by atoms with E-state index in [1.54, 1.807) is 17.5 Å². The van der Waals surface area contributed by atoms with Gasteiger partial charge in [-0.2, -0.15) is 0 Å². The fourth-order valence-corrected chi connectivity index (χ4v) is 3.33. The normalized spacial score (nSPS) is 25.0. The molecule has 1 aliphatic rings. The molecule has 5 heteroatoms. The first kappa shape index (κ1) is 13.5. The van der Waals surface area contributed by atoms with E-state index in [0.29, 0.717) is 12.3 Å². The second-order valence-electron chi connectivity index (χ2n) is 4.96. The van der Waals surface area contributed by atoms with Gasteiger partial charge in [0, 0.05) is 24.0 Å². The lowest BCUT2D eigenvalue weighted by Gasteiger charge is -2.18. The van der Waals surface area contributed by atoms with Crippen molar-refractivity contribution in [2.45, 2.75) is 51.1 Å². The number of nitrogens with one attached hydrogen (secondary N) is 1. The molecule has 1 unspecified atom stereocenters. The number of aromatic nitrogens is 1. The molecule has 3 atom stereocenters. The lowest BCUT2D eigenvalue weighted by Crippen LogP contribution is -2.33. The van der Waals surface area contributed by atoms with Gasteiger partial charge >= 0.3 is 0 Å². The molecule has 2 rings (SSSR count). The van der Waals surface area contributed by atoms with Crippen molar-refractivity contribution < 1.29 is 4.79 Å². The number of nitrogens with zero attached hydrogens (tertiary/aromatic N) is 1. The first-order chi connectivity index (χ1) is 8.70. The lowest BCUT2D eigenvalue weighted by atomic mass is 9.99. The Kier molecular flexibility index (Phi) is 4.72. The summed E-state index contributed by atoms with van der Waals surface area (Å²) in [5.41, 5.74) is 5.99. The van der Waals surface area contributed by atoms with Gasteiger partial charge in [0.15, 0.2) is 0 Å². The Morgan fingerprint density at radius 1 is 1.67 bits per heavy atom. The third-order valence-electron chi connectivity index (χ3n) is 3.66. The van der Waals surface area contributed by atoms with Crippen molar-refractivity contribution in [3.63, 3.8) is 0 Å². The molecule has 1 fully saturated rings. The summed E-state index contributed by atoms with van der Waals surface area (Å²) in [6, 6.07) is 0.255. The predicted molar refractivity (Wildman–Crippen MR) is 73.2 cm³/mol. The summed E-state index contributed by atoms with van der Waals surface area (Å²) in [4.78, 5) is 16.3. The van der Waals surface area contributed by atoms with Crippen molar-refractivity contribution in [3.8, 4) is 0 Å². The van der Waals surface area contributed by atoms with Crippen LogP contribution in [-0.4, -0.2) is 16.9 Å². The van der Waals surface area contributed by atoms with E-state index in [-0.39, 0.29) is 18.0 Å². The van der Waals surface area contributed by atoms with Crippen molar-refractivity contribution in [1.29, 1.82) is 0 Å². The monoisotopic (exact) mass is 267 g/mol. The van der Waals surface area contributed by atoms with Crippen LogP contribution in [0.5, 0.6) is 0 Å². The van der Waals surface area contributed by atoms with Crippen molar-refractivity contribution in [3.05, 3.63) is 16.6 Å². The van der Waals surface area contributed by atoms with Gasteiger partial charge in [-0.3, -0.25) is 4.79 Å². The topological polar surface area (TPSA) is 68.0 Å². The van der Waals surface area contributed by atoms with E-state index >= 15 is 0 Å². The minimum atomic E-state index is 0.0510. The quantitative estimate of drug-likeness (QED) is 0.859. The molecule has 1 heterocycles.